The highest BCUT2D eigenvalue weighted by Gasteiger charge is 2.11. The SMILES string of the molecule is Cc1ccc(C(=O)CSc2nc(N)cc(N)n2)c(C)c1. The Balaban J connectivity index is 2.08. The molecule has 2 aromatic rings. The lowest BCUT2D eigenvalue weighted by Crippen LogP contribution is -2.06. The third kappa shape index (κ3) is 3.48. The molecule has 104 valence electrons. The number of carbonyl (C=O) groups is 1. The minimum absolute atomic E-state index is 0.0390. The van der Waals surface area contributed by atoms with Crippen LogP contribution in [0.1, 0.15) is 21.5 Å². The zero-order chi connectivity index (χ0) is 14.7. The first-order valence-electron chi connectivity index (χ1n) is 6.09. The average molecular weight is 288 g/mol. The number of aromatic nitrogens is 2. The van der Waals surface area contributed by atoms with Gasteiger partial charge in [-0.05, 0) is 19.4 Å². The second kappa shape index (κ2) is 5.92. The first-order valence-corrected chi connectivity index (χ1v) is 7.07. The number of aryl methyl sites for hydroxylation is 2. The predicted octanol–water partition coefficient (Wildman–Crippen LogP) is 2.23. The van der Waals surface area contributed by atoms with Gasteiger partial charge in [0, 0.05) is 11.6 Å². The number of rotatable bonds is 4. The molecule has 1 heterocycles. The van der Waals surface area contributed by atoms with Crippen molar-refractivity contribution in [2.24, 2.45) is 0 Å². The largest absolute Gasteiger partial charge is 0.383 e. The molecule has 20 heavy (non-hydrogen) atoms. The van der Waals surface area contributed by atoms with E-state index in [1.807, 2.05) is 32.0 Å². The molecular formula is C14H16N4OS. The van der Waals surface area contributed by atoms with Crippen molar-refractivity contribution in [3.63, 3.8) is 0 Å². The monoisotopic (exact) mass is 288 g/mol. The minimum Gasteiger partial charge on any atom is -0.383 e. The van der Waals surface area contributed by atoms with Gasteiger partial charge in [-0.1, -0.05) is 35.5 Å². The van der Waals surface area contributed by atoms with Crippen molar-refractivity contribution >= 4 is 29.2 Å². The van der Waals surface area contributed by atoms with Crippen LogP contribution in [-0.4, -0.2) is 21.5 Å². The Morgan fingerprint density at radius 3 is 2.40 bits per heavy atom. The van der Waals surface area contributed by atoms with Crippen LogP contribution in [0.25, 0.3) is 0 Å². The Morgan fingerprint density at radius 2 is 1.80 bits per heavy atom. The van der Waals surface area contributed by atoms with Crippen LogP contribution in [0, 0.1) is 13.8 Å². The van der Waals surface area contributed by atoms with E-state index >= 15 is 0 Å². The summed E-state index contributed by atoms with van der Waals surface area (Å²) in [5, 5.41) is 0.417. The van der Waals surface area contributed by atoms with Gasteiger partial charge >= 0.3 is 0 Å². The number of nitrogens with two attached hydrogens (primary N) is 2. The van der Waals surface area contributed by atoms with Crippen LogP contribution >= 0.6 is 11.8 Å². The number of anilines is 2. The van der Waals surface area contributed by atoms with E-state index in [1.165, 1.54) is 17.8 Å². The van der Waals surface area contributed by atoms with Crippen molar-refractivity contribution in [1.29, 1.82) is 0 Å². The molecule has 0 aliphatic rings. The van der Waals surface area contributed by atoms with E-state index in [1.54, 1.807) is 0 Å². The third-order valence-electron chi connectivity index (χ3n) is 2.76. The highest BCUT2D eigenvalue weighted by Crippen LogP contribution is 2.19. The molecule has 0 spiro atoms. The summed E-state index contributed by atoms with van der Waals surface area (Å²) in [5.74, 6) is 0.905. The van der Waals surface area contributed by atoms with Gasteiger partial charge in [0.05, 0.1) is 5.75 Å². The number of ketones is 1. The van der Waals surface area contributed by atoms with Gasteiger partial charge in [-0.2, -0.15) is 0 Å². The molecule has 0 atom stereocenters. The molecule has 0 aliphatic heterocycles. The van der Waals surface area contributed by atoms with Gasteiger partial charge in [-0.3, -0.25) is 4.79 Å². The van der Waals surface area contributed by atoms with Gasteiger partial charge in [0.25, 0.3) is 0 Å². The number of carbonyl (C=O) groups excluding carboxylic acids is 1. The molecule has 0 unspecified atom stereocenters. The molecule has 0 bridgehead atoms. The standard InChI is InChI=1S/C14H16N4OS/c1-8-3-4-10(9(2)5-8)11(19)7-20-14-17-12(15)6-13(16)18-14/h3-6H,7H2,1-2H3,(H4,15,16,17,18). The summed E-state index contributed by atoms with van der Waals surface area (Å²) in [6.45, 7) is 3.93. The number of Topliss-reactive ketones (excluding diaryl/α,β-unsaturated/α-hetero) is 1. The average Bonchev–Trinajstić information content (AvgIpc) is 2.35. The number of hydrogen-bond donors (Lipinski definition) is 2. The number of nitrogens with zero attached hydrogens (tertiary/aromatic N) is 2. The summed E-state index contributed by atoms with van der Waals surface area (Å²) in [7, 11) is 0. The summed E-state index contributed by atoms with van der Waals surface area (Å²) in [6.07, 6.45) is 0. The third-order valence-corrected chi connectivity index (χ3v) is 3.61. The van der Waals surface area contributed by atoms with Gasteiger partial charge in [0.2, 0.25) is 0 Å². The fourth-order valence-electron chi connectivity index (χ4n) is 1.86. The van der Waals surface area contributed by atoms with Gasteiger partial charge in [0.1, 0.15) is 11.6 Å². The Kier molecular flexibility index (Phi) is 4.24. The van der Waals surface area contributed by atoms with Crippen LogP contribution in [0.2, 0.25) is 0 Å². The van der Waals surface area contributed by atoms with Crippen molar-refractivity contribution in [2.45, 2.75) is 19.0 Å². The van der Waals surface area contributed by atoms with Gasteiger partial charge < -0.3 is 11.5 Å². The molecule has 5 nitrogen and oxygen atoms in total. The maximum absolute atomic E-state index is 12.2. The second-order valence-electron chi connectivity index (χ2n) is 4.53. The van der Waals surface area contributed by atoms with Crippen molar-refractivity contribution < 1.29 is 4.79 Å². The lowest BCUT2D eigenvalue weighted by molar-refractivity contribution is 0.102. The number of benzene rings is 1. The van der Waals surface area contributed by atoms with E-state index < -0.39 is 0 Å². The number of nitrogen functional groups attached to an aromatic ring is 2. The van der Waals surface area contributed by atoms with E-state index in [4.69, 9.17) is 11.5 Å². The highest BCUT2D eigenvalue weighted by atomic mass is 32.2. The topological polar surface area (TPSA) is 94.9 Å². The van der Waals surface area contributed by atoms with Crippen LogP contribution in [0.3, 0.4) is 0 Å². The van der Waals surface area contributed by atoms with Crippen molar-refractivity contribution in [1.82, 2.24) is 9.97 Å². The van der Waals surface area contributed by atoms with E-state index in [-0.39, 0.29) is 11.5 Å². The van der Waals surface area contributed by atoms with Crippen LogP contribution < -0.4 is 11.5 Å². The summed E-state index contributed by atoms with van der Waals surface area (Å²) in [6, 6.07) is 7.25. The zero-order valence-electron chi connectivity index (χ0n) is 11.4. The molecule has 0 saturated heterocycles. The Hall–Kier alpha value is -2.08. The van der Waals surface area contributed by atoms with E-state index in [0.717, 1.165) is 16.7 Å². The van der Waals surface area contributed by atoms with E-state index in [0.29, 0.717) is 16.8 Å². The lowest BCUT2D eigenvalue weighted by atomic mass is 10.0. The summed E-state index contributed by atoms with van der Waals surface area (Å²) in [4.78, 5) is 20.2. The lowest BCUT2D eigenvalue weighted by Gasteiger charge is -2.06. The molecule has 0 fully saturated rings. The smallest absolute Gasteiger partial charge is 0.191 e. The van der Waals surface area contributed by atoms with Crippen molar-refractivity contribution in [3.8, 4) is 0 Å². The molecule has 0 radical (unpaired) electrons. The van der Waals surface area contributed by atoms with Crippen LogP contribution in [0.15, 0.2) is 29.4 Å². The molecular weight excluding hydrogens is 272 g/mol. The second-order valence-corrected chi connectivity index (χ2v) is 5.47. The maximum Gasteiger partial charge on any atom is 0.191 e. The Labute approximate surface area is 121 Å². The minimum atomic E-state index is 0.0390. The van der Waals surface area contributed by atoms with E-state index in [2.05, 4.69) is 9.97 Å². The molecule has 1 aromatic heterocycles. The quantitative estimate of drug-likeness (QED) is 0.509. The molecule has 0 aliphatic carbocycles. The summed E-state index contributed by atoms with van der Waals surface area (Å²) >= 11 is 1.23. The van der Waals surface area contributed by atoms with Gasteiger partial charge in [-0.15, -0.1) is 0 Å². The molecule has 2 rings (SSSR count). The van der Waals surface area contributed by atoms with Crippen molar-refractivity contribution in [2.75, 3.05) is 17.2 Å². The molecule has 4 N–H and O–H groups in total. The molecule has 0 saturated carbocycles. The summed E-state index contributed by atoms with van der Waals surface area (Å²) in [5.41, 5.74) is 14.0. The van der Waals surface area contributed by atoms with Gasteiger partial charge in [-0.25, -0.2) is 9.97 Å². The molecule has 0 amide bonds. The zero-order valence-corrected chi connectivity index (χ0v) is 12.2. The van der Waals surface area contributed by atoms with E-state index in [9.17, 15) is 4.79 Å². The highest BCUT2D eigenvalue weighted by molar-refractivity contribution is 7.99. The molecule has 6 heteroatoms. The normalized spacial score (nSPS) is 10.5. The first-order chi connectivity index (χ1) is 9.45. The fraction of sp³-hybridized carbons (Fsp3) is 0.214. The van der Waals surface area contributed by atoms with Gasteiger partial charge in [0.15, 0.2) is 10.9 Å². The first kappa shape index (κ1) is 14.3. The van der Waals surface area contributed by atoms with Crippen molar-refractivity contribution in [3.05, 3.63) is 41.0 Å². The number of thioether (sulfide) groups is 1. The van der Waals surface area contributed by atoms with Crippen LogP contribution in [0.4, 0.5) is 11.6 Å². The fourth-order valence-corrected chi connectivity index (χ4v) is 2.62. The van der Waals surface area contributed by atoms with Crippen LogP contribution in [0.5, 0.6) is 0 Å². The number of hydrogen-bond acceptors (Lipinski definition) is 6. The maximum atomic E-state index is 12.2. The summed E-state index contributed by atoms with van der Waals surface area (Å²) < 4.78 is 0. The molecule has 1 aromatic carbocycles. The Morgan fingerprint density at radius 1 is 1.15 bits per heavy atom. The Bertz CT molecular complexity index is 637. The van der Waals surface area contributed by atoms with Crippen LogP contribution in [-0.2, 0) is 0 Å². The predicted molar refractivity (Wildman–Crippen MR) is 81.8 cm³/mol.